The average molecular weight is 243 g/mol. The van der Waals surface area contributed by atoms with Gasteiger partial charge in [0.25, 0.3) is 0 Å². The smallest absolute Gasteiger partial charge is 0.129 e. The summed E-state index contributed by atoms with van der Waals surface area (Å²) in [5, 5.41) is 10.4. The molecule has 3 N–H and O–H groups in total. The molecule has 0 radical (unpaired) electrons. The maximum atomic E-state index is 10.4. The first-order valence-corrected chi connectivity index (χ1v) is 5.82. The van der Waals surface area contributed by atoms with Crippen molar-refractivity contribution < 1.29 is 5.11 Å². The Kier molecular flexibility index (Phi) is 3.30. The molecule has 0 saturated carbocycles. The van der Waals surface area contributed by atoms with Crippen LogP contribution < -0.4 is 5.73 Å². The summed E-state index contributed by atoms with van der Waals surface area (Å²) in [6.45, 7) is 5.81. The summed E-state index contributed by atoms with van der Waals surface area (Å²) >= 11 is 0. The van der Waals surface area contributed by atoms with Crippen molar-refractivity contribution in [2.24, 2.45) is 0 Å². The number of nitrogens with two attached hydrogens (primary N) is 1. The predicted molar refractivity (Wildman–Crippen MR) is 71.2 cm³/mol. The Hall–Kier alpha value is -1.94. The molecular weight excluding hydrogens is 226 g/mol. The van der Waals surface area contributed by atoms with Gasteiger partial charge in [-0.1, -0.05) is 6.07 Å². The van der Waals surface area contributed by atoms with Gasteiger partial charge in [0.1, 0.15) is 11.9 Å². The number of aliphatic hydroxyl groups excluding tert-OH is 1. The molecule has 0 amide bonds. The summed E-state index contributed by atoms with van der Waals surface area (Å²) in [6.07, 6.45) is 2.59. The van der Waals surface area contributed by atoms with Crippen LogP contribution >= 0.6 is 0 Å². The molecule has 2 heterocycles. The van der Waals surface area contributed by atoms with E-state index in [0.717, 1.165) is 16.7 Å². The minimum atomic E-state index is -0.835. The van der Waals surface area contributed by atoms with Crippen molar-refractivity contribution in [1.82, 2.24) is 9.97 Å². The monoisotopic (exact) mass is 243 g/mol. The van der Waals surface area contributed by atoms with E-state index in [0.29, 0.717) is 17.1 Å². The van der Waals surface area contributed by atoms with E-state index in [4.69, 9.17) is 5.73 Å². The fraction of sp³-hybridized carbons (Fsp3) is 0.286. The van der Waals surface area contributed by atoms with Crippen LogP contribution in [-0.4, -0.2) is 15.1 Å². The van der Waals surface area contributed by atoms with Crippen LogP contribution in [0.2, 0.25) is 0 Å². The summed E-state index contributed by atoms with van der Waals surface area (Å²) in [6, 6.07) is 3.83. The van der Waals surface area contributed by atoms with Crippen molar-refractivity contribution in [2.45, 2.75) is 26.9 Å². The third-order valence-electron chi connectivity index (χ3n) is 2.90. The van der Waals surface area contributed by atoms with E-state index in [1.54, 1.807) is 12.4 Å². The van der Waals surface area contributed by atoms with Crippen molar-refractivity contribution >= 4 is 5.82 Å². The lowest BCUT2D eigenvalue weighted by Crippen LogP contribution is -2.09. The molecule has 0 fully saturated rings. The molecule has 0 saturated heterocycles. The normalized spacial score (nSPS) is 12.4. The molecule has 0 spiro atoms. The van der Waals surface area contributed by atoms with Crippen LogP contribution in [0.5, 0.6) is 0 Å². The Morgan fingerprint density at radius 2 is 1.67 bits per heavy atom. The summed E-state index contributed by atoms with van der Waals surface area (Å²) in [5.41, 5.74) is 10.0. The standard InChI is InChI=1S/C14H17N3O/c1-8-4-10(3)12(16-6-8)13(18)11-5-9(2)7-17-14(11)15/h4-7,13,18H,1-3H3,(H2,15,17). The third kappa shape index (κ3) is 2.33. The Morgan fingerprint density at radius 1 is 1.06 bits per heavy atom. The van der Waals surface area contributed by atoms with Crippen molar-refractivity contribution in [3.05, 3.63) is 52.5 Å². The predicted octanol–water partition coefficient (Wildman–Crippen LogP) is 2.07. The summed E-state index contributed by atoms with van der Waals surface area (Å²) in [5.74, 6) is 0.342. The van der Waals surface area contributed by atoms with E-state index in [1.165, 1.54) is 0 Å². The van der Waals surface area contributed by atoms with E-state index in [9.17, 15) is 5.11 Å². The molecule has 4 nitrogen and oxygen atoms in total. The lowest BCUT2D eigenvalue weighted by molar-refractivity contribution is 0.215. The Balaban J connectivity index is 2.47. The zero-order valence-electron chi connectivity index (χ0n) is 10.8. The molecule has 2 rings (SSSR count). The maximum absolute atomic E-state index is 10.4. The number of hydrogen-bond acceptors (Lipinski definition) is 4. The van der Waals surface area contributed by atoms with E-state index in [1.807, 2.05) is 32.9 Å². The van der Waals surface area contributed by atoms with Crippen molar-refractivity contribution in [3.8, 4) is 0 Å². The molecular formula is C14H17N3O. The number of nitrogen functional groups attached to an aromatic ring is 1. The van der Waals surface area contributed by atoms with Crippen LogP contribution in [-0.2, 0) is 0 Å². The molecule has 0 aliphatic rings. The molecule has 18 heavy (non-hydrogen) atoms. The van der Waals surface area contributed by atoms with Gasteiger partial charge in [-0.05, 0) is 43.5 Å². The van der Waals surface area contributed by atoms with Gasteiger partial charge in [0.05, 0.1) is 5.69 Å². The topological polar surface area (TPSA) is 72.0 Å². The Morgan fingerprint density at radius 3 is 2.33 bits per heavy atom. The van der Waals surface area contributed by atoms with Crippen LogP contribution in [0, 0.1) is 20.8 Å². The van der Waals surface area contributed by atoms with Crippen LogP contribution in [0.4, 0.5) is 5.82 Å². The van der Waals surface area contributed by atoms with E-state index < -0.39 is 6.10 Å². The molecule has 94 valence electrons. The van der Waals surface area contributed by atoms with Crippen molar-refractivity contribution in [1.29, 1.82) is 0 Å². The minimum Gasteiger partial charge on any atom is -0.383 e. The third-order valence-corrected chi connectivity index (χ3v) is 2.90. The molecule has 0 aliphatic heterocycles. The number of anilines is 1. The van der Waals surface area contributed by atoms with E-state index in [2.05, 4.69) is 9.97 Å². The van der Waals surface area contributed by atoms with Crippen molar-refractivity contribution in [2.75, 3.05) is 5.73 Å². The zero-order chi connectivity index (χ0) is 13.3. The first-order valence-electron chi connectivity index (χ1n) is 5.82. The van der Waals surface area contributed by atoms with Gasteiger partial charge in [0.2, 0.25) is 0 Å². The van der Waals surface area contributed by atoms with Gasteiger partial charge >= 0.3 is 0 Å². The van der Waals surface area contributed by atoms with Gasteiger partial charge in [-0.25, -0.2) is 4.98 Å². The van der Waals surface area contributed by atoms with Crippen LogP contribution in [0.1, 0.15) is 34.1 Å². The largest absolute Gasteiger partial charge is 0.383 e. The van der Waals surface area contributed by atoms with Gasteiger partial charge in [-0.15, -0.1) is 0 Å². The second-order valence-electron chi connectivity index (χ2n) is 4.60. The van der Waals surface area contributed by atoms with Gasteiger partial charge in [-0.2, -0.15) is 0 Å². The van der Waals surface area contributed by atoms with Gasteiger partial charge < -0.3 is 10.8 Å². The Labute approximate surface area is 107 Å². The molecule has 0 bridgehead atoms. The highest BCUT2D eigenvalue weighted by atomic mass is 16.3. The first kappa shape index (κ1) is 12.5. The highest BCUT2D eigenvalue weighted by Crippen LogP contribution is 2.27. The summed E-state index contributed by atoms with van der Waals surface area (Å²) in [4.78, 5) is 8.35. The number of aliphatic hydroxyl groups is 1. The number of pyridine rings is 2. The number of hydrogen-bond donors (Lipinski definition) is 2. The average Bonchev–Trinajstić information content (AvgIpc) is 2.31. The van der Waals surface area contributed by atoms with Gasteiger partial charge in [-0.3, -0.25) is 4.98 Å². The van der Waals surface area contributed by atoms with Crippen LogP contribution in [0.15, 0.2) is 24.5 Å². The van der Waals surface area contributed by atoms with Gasteiger partial charge in [0.15, 0.2) is 0 Å². The highest BCUT2D eigenvalue weighted by molar-refractivity contribution is 5.46. The summed E-state index contributed by atoms with van der Waals surface area (Å²) < 4.78 is 0. The fourth-order valence-corrected chi connectivity index (χ4v) is 1.98. The quantitative estimate of drug-likeness (QED) is 0.847. The number of aryl methyl sites for hydroxylation is 3. The minimum absolute atomic E-state index is 0.342. The van der Waals surface area contributed by atoms with Crippen molar-refractivity contribution in [3.63, 3.8) is 0 Å². The molecule has 0 aliphatic carbocycles. The molecule has 0 aromatic carbocycles. The Bertz CT molecular complexity index is 581. The lowest BCUT2D eigenvalue weighted by Gasteiger charge is -2.15. The van der Waals surface area contributed by atoms with Crippen LogP contribution in [0.3, 0.4) is 0 Å². The highest BCUT2D eigenvalue weighted by Gasteiger charge is 2.18. The number of aromatic nitrogens is 2. The summed E-state index contributed by atoms with van der Waals surface area (Å²) in [7, 11) is 0. The second-order valence-corrected chi connectivity index (χ2v) is 4.60. The molecule has 2 aromatic heterocycles. The number of rotatable bonds is 2. The molecule has 4 heteroatoms. The molecule has 1 atom stereocenters. The zero-order valence-corrected chi connectivity index (χ0v) is 10.8. The molecule has 1 unspecified atom stereocenters. The van der Waals surface area contributed by atoms with Crippen LogP contribution in [0.25, 0.3) is 0 Å². The lowest BCUT2D eigenvalue weighted by atomic mass is 10.0. The van der Waals surface area contributed by atoms with E-state index in [-0.39, 0.29) is 0 Å². The maximum Gasteiger partial charge on any atom is 0.129 e. The first-order chi connectivity index (χ1) is 8.49. The fourth-order valence-electron chi connectivity index (χ4n) is 1.98. The SMILES string of the molecule is Cc1cnc(C(O)c2cc(C)cnc2N)c(C)c1. The second kappa shape index (κ2) is 4.74. The van der Waals surface area contributed by atoms with E-state index >= 15 is 0 Å². The number of nitrogens with zero attached hydrogens (tertiary/aromatic N) is 2. The van der Waals surface area contributed by atoms with Gasteiger partial charge in [0, 0.05) is 18.0 Å². The molecule has 2 aromatic rings.